The highest BCUT2D eigenvalue weighted by Gasteiger charge is 2.28. The Morgan fingerprint density at radius 3 is 2.11 bits per heavy atom. The van der Waals surface area contributed by atoms with Gasteiger partial charge in [0.25, 0.3) is 10.0 Å². The molecule has 0 fully saturated rings. The van der Waals surface area contributed by atoms with Gasteiger partial charge in [0.15, 0.2) is 11.5 Å². The van der Waals surface area contributed by atoms with Gasteiger partial charge in [0.05, 0.1) is 38.0 Å². The molecule has 3 aromatic carbocycles. The van der Waals surface area contributed by atoms with Gasteiger partial charge in [-0.1, -0.05) is 31.2 Å². The Kier molecular flexibility index (Phi) is 8.82. The predicted molar refractivity (Wildman–Crippen MR) is 139 cm³/mol. The zero-order valence-corrected chi connectivity index (χ0v) is 22.0. The summed E-state index contributed by atoms with van der Waals surface area (Å²) in [7, 11) is 0.586. The first-order valence-electron chi connectivity index (χ1n) is 11.5. The van der Waals surface area contributed by atoms with Crippen molar-refractivity contribution >= 4 is 21.6 Å². The van der Waals surface area contributed by atoms with Gasteiger partial charge in [-0.15, -0.1) is 0 Å². The number of ether oxygens (including phenoxy) is 3. The van der Waals surface area contributed by atoms with Gasteiger partial charge < -0.3 is 19.5 Å². The molecule has 0 radical (unpaired) electrons. The van der Waals surface area contributed by atoms with Crippen LogP contribution in [0.5, 0.6) is 17.2 Å². The number of nitrogens with one attached hydrogen (secondary N) is 1. The van der Waals surface area contributed by atoms with Gasteiger partial charge in [0, 0.05) is 0 Å². The van der Waals surface area contributed by atoms with Crippen LogP contribution in [0.2, 0.25) is 0 Å². The number of carbonyl (C=O) groups is 1. The Balaban J connectivity index is 1.91. The summed E-state index contributed by atoms with van der Waals surface area (Å²) in [6.07, 6.45) is 0.594. The number of amides is 1. The number of carbonyl (C=O) groups excluding carboxylic acids is 1. The van der Waals surface area contributed by atoms with Crippen molar-refractivity contribution in [3.63, 3.8) is 0 Å². The van der Waals surface area contributed by atoms with Gasteiger partial charge in [0.1, 0.15) is 12.3 Å². The number of aryl methyl sites for hydroxylation is 1. The van der Waals surface area contributed by atoms with Crippen molar-refractivity contribution in [2.24, 2.45) is 0 Å². The monoisotopic (exact) mass is 512 g/mol. The Bertz CT molecular complexity index is 1290. The first-order chi connectivity index (χ1) is 17.2. The highest BCUT2D eigenvalue weighted by Crippen LogP contribution is 2.31. The molecule has 1 amide bonds. The smallest absolute Gasteiger partial charge is 0.264 e. The van der Waals surface area contributed by atoms with Gasteiger partial charge >= 0.3 is 0 Å². The molecule has 36 heavy (non-hydrogen) atoms. The number of nitrogens with zero attached hydrogens (tertiary/aromatic N) is 1. The first-order valence-corrected chi connectivity index (χ1v) is 12.9. The van der Waals surface area contributed by atoms with E-state index in [9.17, 15) is 13.2 Å². The molecule has 0 aliphatic carbocycles. The molecule has 0 aliphatic heterocycles. The van der Waals surface area contributed by atoms with Gasteiger partial charge in [0.2, 0.25) is 5.91 Å². The lowest BCUT2D eigenvalue weighted by Crippen LogP contribution is -2.42. The molecule has 0 aromatic heterocycles. The van der Waals surface area contributed by atoms with Crippen molar-refractivity contribution in [3.8, 4) is 17.2 Å². The lowest BCUT2D eigenvalue weighted by atomic mass is 10.0. The van der Waals surface area contributed by atoms with Crippen LogP contribution in [0.15, 0.2) is 71.6 Å². The zero-order chi connectivity index (χ0) is 26.3. The molecule has 0 spiro atoms. The summed E-state index contributed by atoms with van der Waals surface area (Å²) < 4.78 is 44.4. The van der Waals surface area contributed by atoms with Crippen molar-refractivity contribution < 1.29 is 27.4 Å². The number of hydrogen-bond donors (Lipinski definition) is 1. The van der Waals surface area contributed by atoms with Gasteiger partial charge in [-0.3, -0.25) is 9.10 Å². The van der Waals surface area contributed by atoms with E-state index in [1.54, 1.807) is 75.7 Å². The second-order valence-electron chi connectivity index (χ2n) is 8.12. The summed E-state index contributed by atoms with van der Waals surface area (Å²) in [5.41, 5.74) is 1.89. The average molecular weight is 513 g/mol. The largest absolute Gasteiger partial charge is 0.496 e. The summed E-state index contributed by atoms with van der Waals surface area (Å²) in [5, 5.41) is 2.96. The van der Waals surface area contributed by atoms with Gasteiger partial charge in [-0.05, 0) is 66.9 Å². The molecule has 1 unspecified atom stereocenters. The molecule has 3 aromatic rings. The maximum atomic E-state index is 13.7. The highest BCUT2D eigenvalue weighted by atomic mass is 32.2. The maximum Gasteiger partial charge on any atom is 0.264 e. The minimum Gasteiger partial charge on any atom is -0.496 e. The van der Waals surface area contributed by atoms with Gasteiger partial charge in [-0.25, -0.2) is 8.42 Å². The third kappa shape index (κ3) is 5.91. The standard InChI is InChI=1S/C27H32N2O6S/c1-6-23(20-12-14-25(34-4)26(17-20)35-5)28-27(30)18-29(21-10-8-7-9-11-21)36(31,32)22-13-15-24(33-3)19(2)16-22/h7-17,23H,6,18H2,1-5H3,(H,28,30). The number of hydrogen-bond acceptors (Lipinski definition) is 6. The quantitative estimate of drug-likeness (QED) is 0.407. The second-order valence-corrected chi connectivity index (χ2v) is 9.98. The molecule has 3 rings (SSSR count). The van der Waals surface area contributed by atoms with Crippen molar-refractivity contribution in [2.75, 3.05) is 32.2 Å². The second kappa shape index (κ2) is 11.8. The molecule has 0 saturated carbocycles. The minimum atomic E-state index is -4.04. The maximum absolute atomic E-state index is 13.7. The molecule has 9 heteroatoms. The molecule has 192 valence electrons. The van der Waals surface area contributed by atoms with Crippen LogP contribution in [0, 0.1) is 6.92 Å². The molecule has 0 bridgehead atoms. The summed E-state index contributed by atoms with van der Waals surface area (Å²) in [4.78, 5) is 13.3. The Morgan fingerprint density at radius 1 is 0.889 bits per heavy atom. The first kappa shape index (κ1) is 26.9. The van der Waals surface area contributed by atoms with Crippen LogP contribution in [-0.4, -0.2) is 42.2 Å². The molecular weight excluding hydrogens is 480 g/mol. The van der Waals surface area contributed by atoms with E-state index in [0.717, 1.165) is 9.87 Å². The summed E-state index contributed by atoms with van der Waals surface area (Å²) in [6, 6.07) is 18.3. The molecule has 1 atom stereocenters. The van der Waals surface area contributed by atoms with E-state index in [1.165, 1.54) is 13.2 Å². The summed E-state index contributed by atoms with van der Waals surface area (Å²) in [5.74, 6) is 1.28. The number of benzene rings is 3. The fraction of sp³-hybridized carbons (Fsp3) is 0.296. The Hall–Kier alpha value is -3.72. The van der Waals surface area contributed by atoms with Crippen molar-refractivity contribution in [2.45, 2.75) is 31.2 Å². The molecule has 8 nitrogen and oxygen atoms in total. The van der Waals surface area contributed by atoms with Crippen LogP contribution in [0.1, 0.15) is 30.5 Å². The molecule has 0 heterocycles. The van der Waals surface area contributed by atoms with Crippen LogP contribution in [-0.2, 0) is 14.8 Å². The molecule has 1 N–H and O–H groups in total. The highest BCUT2D eigenvalue weighted by molar-refractivity contribution is 7.92. The summed E-state index contributed by atoms with van der Waals surface area (Å²) in [6.45, 7) is 3.32. The van der Waals surface area contributed by atoms with Gasteiger partial charge in [-0.2, -0.15) is 0 Å². The van der Waals surface area contributed by atoms with E-state index >= 15 is 0 Å². The van der Waals surface area contributed by atoms with Crippen LogP contribution in [0.4, 0.5) is 5.69 Å². The van der Waals surface area contributed by atoms with E-state index in [2.05, 4.69) is 5.32 Å². The fourth-order valence-corrected chi connectivity index (χ4v) is 5.42. The van der Waals surface area contributed by atoms with E-state index in [1.807, 2.05) is 13.0 Å². The lowest BCUT2D eigenvalue weighted by molar-refractivity contribution is -0.120. The van der Waals surface area contributed by atoms with E-state index < -0.39 is 15.9 Å². The molecule has 0 aliphatic rings. The topological polar surface area (TPSA) is 94.2 Å². The minimum absolute atomic E-state index is 0.0735. The Morgan fingerprint density at radius 2 is 1.53 bits per heavy atom. The number of methoxy groups -OCH3 is 3. The predicted octanol–water partition coefficient (Wildman–Crippen LogP) is 4.48. The number of rotatable bonds is 11. The zero-order valence-electron chi connectivity index (χ0n) is 21.1. The van der Waals surface area contributed by atoms with Crippen molar-refractivity contribution in [1.82, 2.24) is 5.32 Å². The Labute approximate surface area is 212 Å². The van der Waals surface area contributed by atoms with Crippen LogP contribution in [0.25, 0.3) is 0 Å². The van der Waals surface area contributed by atoms with E-state index in [0.29, 0.717) is 34.9 Å². The normalized spacial score (nSPS) is 11.9. The van der Waals surface area contributed by atoms with E-state index in [4.69, 9.17) is 14.2 Å². The third-order valence-corrected chi connectivity index (χ3v) is 7.61. The SMILES string of the molecule is CCC(NC(=O)CN(c1ccccc1)S(=O)(=O)c1ccc(OC)c(C)c1)c1ccc(OC)c(OC)c1. The van der Waals surface area contributed by atoms with Crippen molar-refractivity contribution in [1.29, 1.82) is 0 Å². The van der Waals surface area contributed by atoms with Crippen molar-refractivity contribution in [3.05, 3.63) is 77.9 Å². The number of sulfonamides is 1. The molecule has 0 saturated heterocycles. The average Bonchev–Trinajstić information content (AvgIpc) is 2.90. The molecular formula is C27H32N2O6S. The van der Waals surface area contributed by atoms with E-state index in [-0.39, 0.29) is 17.5 Å². The fourth-order valence-electron chi connectivity index (χ4n) is 3.91. The number of anilines is 1. The van der Waals surface area contributed by atoms with Crippen LogP contribution in [0.3, 0.4) is 0 Å². The third-order valence-electron chi connectivity index (χ3n) is 5.84. The number of para-hydroxylation sites is 1. The lowest BCUT2D eigenvalue weighted by Gasteiger charge is -2.26. The van der Waals surface area contributed by atoms with Crippen LogP contribution >= 0.6 is 0 Å². The summed E-state index contributed by atoms with van der Waals surface area (Å²) >= 11 is 0. The van der Waals surface area contributed by atoms with Crippen LogP contribution < -0.4 is 23.8 Å².